The van der Waals surface area contributed by atoms with Gasteiger partial charge in [-0.2, -0.15) is 11.8 Å². The van der Waals surface area contributed by atoms with Crippen LogP contribution < -0.4 is 5.32 Å². The molecule has 0 rings (SSSR count). The number of nitrogens with one attached hydrogen (secondary N) is 1. The number of hydrogen-bond donors (Lipinski definition) is 2. The second-order valence-electron chi connectivity index (χ2n) is 2.37. The number of carboxylic acids is 1. The van der Waals surface area contributed by atoms with E-state index in [1.54, 1.807) is 11.8 Å². The van der Waals surface area contributed by atoms with Crippen molar-refractivity contribution in [3.05, 3.63) is 0 Å². The molecular weight excluding hydrogens is 194 g/mol. The predicted molar refractivity (Wildman–Crippen MR) is 51.9 cm³/mol. The third-order valence-corrected chi connectivity index (χ3v) is 1.93. The first-order valence-corrected chi connectivity index (χ1v) is 4.96. The van der Waals surface area contributed by atoms with Crippen molar-refractivity contribution in [1.82, 2.24) is 5.32 Å². The third-order valence-electron chi connectivity index (χ3n) is 1.29. The average molecular weight is 209 g/mol. The summed E-state index contributed by atoms with van der Waals surface area (Å²) in [7, 11) is 0. The van der Waals surface area contributed by atoms with Gasteiger partial charge in [0.15, 0.2) is 0 Å². The Hall–Kier alpha value is -0.750. The minimum atomic E-state index is -0.973. The topological polar surface area (TPSA) is 97.9 Å². The summed E-state index contributed by atoms with van der Waals surface area (Å²) in [6.07, 6.45) is 2.36. The van der Waals surface area contributed by atoms with Crippen molar-refractivity contribution in [3.63, 3.8) is 0 Å². The molecule has 0 heterocycles. The van der Waals surface area contributed by atoms with Gasteiger partial charge in [0.05, 0.1) is 0 Å². The zero-order chi connectivity index (χ0) is 9.56. The first kappa shape index (κ1) is 14.8. The van der Waals surface area contributed by atoms with E-state index in [9.17, 15) is 9.59 Å². The van der Waals surface area contributed by atoms with Gasteiger partial charge in [-0.1, -0.05) is 0 Å². The normalized spacial score (nSPS) is 11.2. The molecule has 0 aromatic carbocycles. The maximum absolute atomic E-state index is 10.5. The number of carbonyl (C=O) groups excluding carboxylic acids is 1. The molecule has 0 aromatic heterocycles. The quantitative estimate of drug-likeness (QED) is 0.638. The number of rotatable bonds is 5. The Kier molecular flexibility index (Phi) is 8.94. The third kappa shape index (κ3) is 7.61. The molecule has 5 nitrogen and oxygen atoms in total. The smallest absolute Gasteiger partial charge is 0.326 e. The zero-order valence-corrected chi connectivity index (χ0v) is 8.48. The fraction of sp³-hybridized carbons (Fsp3) is 0.714. The van der Waals surface area contributed by atoms with Gasteiger partial charge in [0.25, 0.3) is 0 Å². The maximum Gasteiger partial charge on any atom is 0.326 e. The highest BCUT2D eigenvalue weighted by atomic mass is 32.2. The first-order valence-electron chi connectivity index (χ1n) is 3.56. The SMILES string of the molecule is CSCCC(NC(C)=O)C(=O)O.O. The lowest BCUT2D eigenvalue weighted by Crippen LogP contribution is -2.39. The molecule has 0 fully saturated rings. The summed E-state index contributed by atoms with van der Waals surface area (Å²) in [5.74, 6) is -0.542. The molecule has 6 heteroatoms. The van der Waals surface area contributed by atoms with Crippen LogP contribution in [0.5, 0.6) is 0 Å². The molecule has 1 atom stereocenters. The lowest BCUT2D eigenvalue weighted by Gasteiger charge is -2.11. The Bertz CT molecular complexity index is 174. The van der Waals surface area contributed by atoms with Crippen molar-refractivity contribution in [3.8, 4) is 0 Å². The van der Waals surface area contributed by atoms with Crippen molar-refractivity contribution in [2.24, 2.45) is 0 Å². The van der Waals surface area contributed by atoms with Gasteiger partial charge < -0.3 is 15.9 Å². The minimum absolute atomic E-state index is 0. The van der Waals surface area contributed by atoms with Crippen LogP contribution in [0.4, 0.5) is 0 Å². The average Bonchev–Trinajstić information content (AvgIpc) is 1.96. The molecule has 0 aliphatic rings. The van der Waals surface area contributed by atoms with Crippen molar-refractivity contribution in [2.75, 3.05) is 12.0 Å². The Morgan fingerprint density at radius 2 is 2.08 bits per heavy atom. The highest BCUT2D eigenvalue weighted by Crippen LogP contribution is 2.00. The van der Waals surface area contributed by atoms with Gasteiger partial charge in [0, 0.05) is 6.92 Å². The van der Waals surface area contributed by atoms with Gasteiger partial charge in [0.2, 0.25) is 5.91 Å². The summed E-state index contributed by atoms with van der Waals surface area (Å²) in [5, 5.41) is 11.0. The summed E-state index contributed by atoms with van der Waals surface area (Å²) in [6.45, 7) is 1.31. The second-order valence-corrected chi connectivity index (χ2v) is 3.36. The van der Waals surface area contributed by atoms with E-state index >= 15 is 0 Å². The Morgan fingerprint density at radius 3 is 2.38 bits per heavy atom. The van der Waals surface area contributed by atoms with Crippen LogP contribution in [0, 0.1) is 0 Å². The fourth-order valence-corrected chi connectivity index (χ4v) is 1.21. The Labute approximate surface area is 81.2 Å². The van der Waals surface area contributed by atoms with Crippen molar-refractivity contribution < 1.29 is 20.2 Å². The van der Waals surface area contributed by atoms with Crippen LogP contribution in [0.15, 0.2) is 0 Å². The molecule has 0 aromatic rings. The molecule has 0 spiro atoms. The van der Waals surface area contributed by atoms with Gasteiger partial charge in [-0.05, 0) is 18.4 Å². The molecule has 0 saturated heterocycles. The number of amides is 1. The molecule has 0 saturated carbocycles. The van der Waals surface area contributed by atoms with E-state index < -0.39 is 12.0 Å². The molecule has 0 aliphatic carbocycles. The van der Waals surface area contributed by atoms with Crippen LogP contribution >= 0.6 is 11.8 Å². The van der Waals surface area contributed by atoms with Crippen molar-refractivity contribution in [1.29, 1.82) is 0 Å². The lowest BCUT2D eigenvalue weighted by molar-refractivity contribution is -0.141. The van der Waals surface area contributed by atoms with Crippen LogP contribution in [0.2, 0.25) is 0 Å². The van der Waals surface area contributed by atoms with Gasteiger partial charge in [-0.3, -0.25) is 4.79 Å². The largest absolute Gasteiger partial charge is 0.480 e. The standard InChI is InChI=1S/C7H13NO3S.H2O/c1-5(9)8-6(7(10)11)3-4-12-2;/h6H,3-4H2,1-2H3,(H,8,9)(H,10,11);1H2. The number of carbonyl (C=O) groups is 2. The van der Waals surface area contributed by atoms with Crippen LogP contribution in [-0.2, 0) is 9.59 Å². The number of aliphatic carboxylic acids is 1. The summed E-state index contributed by atoms with van der Waals surface area (Å²) in [4.78, 5) is 21.1. The maximum atomic E-state index is 10.5. The summed E-state index contributed by atoms with van der Waals surface area (Å²) in [6, 6.07) is -0.741. The second kappa shape index (κ2) is 7.88. The van der Waals surface area contributed by atoms with Crippen LogP contribution in [-0.4, -0.2) is 40.5 Å². The van der Waals surface area contributed by atoms with Crippen molar-refractivity contribution in [2.45, 2.75) is 19.4 Å². The predicted octanol–water partition coefficient (Wildman–Crippen LogP) is -0.496. The summed E-state index contributed by atoms with van der Waals surface area (Å²) < 4.78 is 0. The molecular formula is C7H15NO4S. The van der Waals surface area contributed by atoms with E-state index in [1.165, 1.54) is 6.92 Å². The Balaban J connectivity index is 0. The Morgan fingerprint density at radius 1 is 1.54 bits per heavy atom. The summed E-state index contributed by atoms with van der Waals surface area (Å²) >= 11 is 1.56. The fourth-order valence-electron chi connectivity index (χ4n) is 0.738. The van der Waals surface area contributed by atoms with Crippen LogP contribution in [0.25, 0.3) is 0 Å². The van der Waals surface area contributed by atoms with Gasteiger partial charge >= 0.3 is 5.97 Å². The minimum Gasteiger partial charge on any atom is -0.480 e. The zero-order valence-electron chi connectivity index (χ0n) is 7.66. The number of thioether (sulfide) groups is 1. The molecule has 4 N–H and O–H groups in total. The lowest BCUT2D eigenvalue weighted by atomic mass is 10.2. The highest BCUT2D eigenvalue weighted by molar-refractivity contribution is 7.98. The molecule has 0 bridgehead atoms. The van der Waals surface area contributed by atoms with Crippen molar-refractivity contribution >= 4 is 23.6 Å². The molecule has 78 valence electrons. The number of hydrogen-bond acceptors (Lipinski definition) is 3. The molecule has 13 heavy (non-hydrogen) atoms. The molecule has 1 amide bonds. The monoisotopic (exact) mass is 209 g/mol. The van der Waals surface area contributed by atoms with E-state index in [0.29, 0.717) is 6.42 Å². The van der Waals surface area contributed by atoms with E-state index in [4.69, 9.17) is 5.11 Å². The highest BCUT2D eigenvalue weighted by Gasteiger charge is 2.16. The van der Waals surface area contributed by atoms with E-state index in [1.807, 2.05) is 6.26 Å². The molecule has 0 radical (unpaired) electrons. The van der Waals surface area contributed by atoms with E-state index in [2.05, 4.69) is 5.32 Å². The van der Waals surface area contributed by atoms with Crippen LogP contribution in [0.1, 0.15) is 13.3 Å². The van der Waals surface area contributed by atoms with Crippen LogP contribution in [0.3, 0.4) is 0 Å². The summed E-state index contributed by atoms with van der Waals surface area (Å²) in [5.41, 5.74) is 0. The molecule has 0 aliphatic heterocycles. The first-order chi connectivity index (χ1) is 5.57. The van der Waals surface area contributed by atoms with E-state index in [-0.39, 0.29) is 11.4 Å². The van der Waals surface area contributed by atoms with Gasteiger partial charge in [0.1, 0.15) is 6.04 Å². The van der Waals surface area contributed by atoms with Gasteiger partial charge in [-0.15, -0.1) is 0 Å². The molecule has 1 unspecified atom stereocenters. The van der Waals surface area contributed by atoms with Gasteiger partial charge in [-0.25, -0.2) is 4.79 Å². The van der Waals surface area contributed by atoms with E-state index in [0.717, 1.165) is 5.75 Å². The number of carboxylic acid groups (broad SMARTS) is 1.